The van der Waals surface area contributed by atoms with E-state index in [0.29, 0.717) is 0 Å². The molecule has 8 nitrogen and oxygen atoms in total. The molecular formula is C52H102CaO8S2. The van der Waals surface area contributed by atoms with E-state index < -0.39 is 20.8 Å². The Bertz CT molecular complexity index is 1070. The van der Waals surface area contributed by atoms with Crippen LogP contribution in [0.3, 0.4) is 0 Å². The molecule has 0 amide bonds. The Morgan fingerprint density at radius 3 is 0.778 bits per heavy atom. The first-order chi connectivity index (χ1) is 30.0. The van der Waals surface area contributed by atoms with Gasteiger partial charge in [0.25, 0.3) is 0 Å². The van der Waals surface area contributed by atoms with Crippen molar-refractivity contribution in [2.75, 3.05) is 13.2 Å². The molecule has 0 fully saturated rings. The maximum absolute atomic E-state index is 10.8. The first-order valence-corrected chi connectivity index (χ1v) is 29.2. The van der Waals surface area contributed by atoms with E-state index in [1.165, 1.54) is 205 Å². The van der Waals surface area contributed by atoms with Gasteiger partial charge in [-0.25, -0.2) is 16.8 Å². The van der Waals surface area contributed by atoms with Gasteiger partial charge in [-0.3, -0.25) is 8.37 Å². The monoisotopic (exact) mass is 959 g/mol. The summed E-state index contributed by atoms with van der Waals surface area (Å²) in [6.07, 6.45) is 58.9. The van der Waals surface area contributed by atoms with E-state index in [9.17, 15) is 25.9 Å². The van der Waals surface area contributed by atoms with Crippen LogP contribution in [0.1, 0.15) is 285 Å². The minimum atomic E-state index is -4.61. The second-order valence-electron chi connectivity index (χ2n) is 18.2. The van der Waals surface area contributed by atoms with Crippen molar-refractivity contribution in [3.05, 3.63) is 24.3 Å². The van der Waals surface area contributed by atoms with Crippen molar-refractivity contribution in [1.82, 2.24) is 0 Å². The van der Waals surface area contributed by atoms with E-state index in [1.807, 2.05) is 0 Å². The first-order valence-electron chi connectivity index (χ1n) is 26.5. The Morgan fingerprint density at radius 2 is 0.556 bits per heavy atom. The fourth-order valence-corrected chi connectivity index (χ4v) is 8.65. The summed E-state index contributed by atoms with van der Waals surface area (Å²) < 4.78 is 73.9. The quantitative estimate of drug-likeness (QED) is 0.0194. The second kappa shape index (κ2) is 53.4. The van der Waals surface area contributed by atoms with Crippen molar-refractivity contribution in [3.8, 4) is 0 Å². The molecule has 0 aliphatic rings. The molecule has 0 aliphatic heterocycles. The molecule has 63 heavy (non-hydrogen) atoms. The van der Waals surface area contributed by atoms with Crippen molar-refractivity contribution in [2.24, 2.45) is 11.8 Å². The molecule has 2 atom stereocenters. The van der Waals surface area contributed by atoms with Gasteiger partial charge in [0.2, 0.25) is 20.8 Å². The molecule has 0 spiro atoms. The van der Waals surface area contributed by atoms with Crippen LogP contribution in [0.15, 0.2) is 24.3 Å². The molecular weight excluding hydrogens is 857 g/mol. The van der Waals surface area contributed by atoms with Crippen molar-refractivity contribution in [2.45, 2.75) is 285 Å². The summed E-state index contributed by atoms with van der Waals surface area (Å²) in [6.45, 7) is 8.93. The number of hydrogen-bond donors (Lipinski definition) is 0. The van der Waals surface area contributed by atoms with Crippen LogP contribution in [0, 0.1) is 11.8 Å². The Kier molecular flexibility index (Phi) is 57.5. The third kappa shape index (κ3) is 62.5. The van der Waals surface area contributed by atoms with Crippen molar-refractivity contribution in [1.29, 1.82) is 0 Å². The maximum Gasteiger partial charge on any atom is 2.00 e. The zero-order chi connectivity index (χ0) is 46.1. The standard InChI is InChI=1S/2C26H52O4S.Ca/c2*1-3-5-7-9-11-12-13-14-15-16-18-20-22-24-26(25-30-31(27,28)29)23-21-19-17-10-8-6-4-2;/h2*22,24,26H,3-21,23,25H2,1-2H3,(H,27,28,29);/q;;+2/p-2/b2*24-22+;. The van der Waals surface area contributed by atoms with E-state index in [1.54, 1.807) is 0 Å². The number of allylic oxidation sites excluding steroid dienone is 2. The maximum atomic E-state index is 10.8. The summed E-state index contributed by atoms with van der Waals surface area (Å²) in [5.41, 5.74) is 0. The molecule has 372 valence electrons. The summed E-state index contributed by atoms with van der Waals surface area (Å²) in [5, 5.41) is 0. The fourth-order valence-electron chi connectivity index (χ4n) is 7.97. The Hall–Kier alpha value is 0.480. The van der Waals surface area contributed by atoms with Crippen LogP contribution >= 0.6 is 0 Å². The Labute approximate surface area is 423 Å². The molecule has 0 aromatic heterocycles. The number of unbranched alkanes of at least 4 members (excludes halogenated alkanes) is 34. The van der Waals surface area contributed by atoms with Gasteiger partial charge >= 0.3 is 37.7 Å². The normalized spacial score (nSPS) is 13.0. The summed E-state index contributed by atoms with van der Waals surface area (Å²) in [5.74, 6) is 0.0409. The van der Waals surface area contributed by atoms with Gasteiger partial charge in [-0.05, 0) is 38.5 Å². The zero-order valence-corrected chi connectivity index (χ0v) is 45.8. The van der Waals surface area contributed by atoms with Gasteiger partial charge in [0.05, 0.1) is 13.2 Å². The third-order valence-electron chi connectivity index (χ3n) is 12.0. The van der Waals surface area contributed by atoms with Gasteiger partial charge < -0.3 is 9.11 Å². The molecule has 0 saturated heterocycles. The van der Waals surface area contributed by atoms with Gasteiger partial charge in [0, 0.05) is 11.8 Å². The van der Waals surface area contributed by atoms with Crippen LogP contribution < -0.4 is 0 Å². The molecule has 0 radical (unpaired) electrons. The second-order valence-corrected chi connectivity index (χ2v) is 20.3. The smallest absolute Gasteiger partial charge is 0.726 e. The van der Waals surface area contributed by atoms with Gasteiger partial charge in [-0.2, -0.15) is 0 Å². The predicted octanol–water partition coefficient (Wildman–Crippen LogP) is 16.6. The molecule has 0 saturated carbocycles. The summed E-state index contributed by atoms with van der Waals surface area (Å²) >= 11 is 0. The minimum absolute atomic E-state index is 0. The van der Waals surface area contributed by atoms with Crippen molar-refractivity contribution >= 4 is 58.5 Å². The van der Waals surface area contributed by atoms with E-state index in [0.717, 1.165) is 51.4 Å². The van der Waals surface area contributed by atoms with E-state index in [-0.39, 0.29) is 62.8 Å². The van der Waals surface area contributed by atoms with Crippen molar-refractivity contribution < 1.29 is 34.3 Å². The molecule has 0 N–H and O–H groups in total. The summed E-state index contributed by atoms with van der Waals surface area (Å²) in [4.78, 5) is 0. The average molecular weight is 960 g/mol. The van der Waals surface area contributed by atoms with Gasteiger partial charge in [0.15, 0.2) is 0 Å². The Morgan fingerprint density at radius 1 is 0.349 bits per heavy atom. The number of hydrogen-bond acceptors (Lipinski definition) is 8. The predicted molar refractivity (Wildman–Crippen MR) is 270 cm³/mol. The molecule has 0 aliphatic carbocycles. The van der Waals surface area contributed by atoms with Gasteiger partial charge in [-0.1, -0.05) is 270 Å². The molecule has 0 rings (SSSR count). The molecule has 11 heteroatoms. The molecule has 2 unspecified atom stereocenters. The molecule has 0 aromatic carbocycles. The molecule has 0 bridgehead atoms. The topological polar surface area (TPSA) is 133 Å². The summed E-state index contributed by atoms with van der Waals surface area (Å²) in [7, 11) is -9.21. The Balaban J connectivity index is -0.00000112. The fraction of sp³-hybridized carbons (Fsp3) is 0.923. The van der Waals surface area contributed by atoms with Crippen LogP contribution in [-0.4, -0.2) is 76.9 Å². The van der Waals surface area contributed by atoms with Gasteiger partial charge in [-0.15, -0.1) is 0 Å². The third-order valence-corrected chi connectivity index (χ3v) is 12.8. The molecule has 0 heterocycles. The van der Waals surface area contributed by atoms with Crippen LogP contribution in [0.4, 0.5) is 0 Å². The van der Waals surface area contributed by atoms with Crippen LogP contribution in [0.25, 0.3) is 0 Å². The van der Waals surface area contributed by atoms with E-state index in [4.69, 9.17) is 0 Å². The van der Waals surface area contributed by atoms with E-state index >= 15 is 0 Å². The largest absolute Gasteiger partial charge is 2.00 e. The van der Waals surface area contributed by atoms with Crippen LogP contribution in [0.2, 0.25) is 0 Å². The van der Waals surface area contributed by atoms with Crippen LogP contribution in [0.5, 0.6) is 0 Å². The average Bonchev–Trinajstić information content (AvgIpc) is 3.23. The molecule has 0 aromatic rings. The zero-order valence-electron chi connectivity index (χ0n) is 42.0. The van der Waals surface area contributed by atoms with E-state index in [2.05, 4.69) is 60.4 Å². The first kappa shape index (κ1) is 67.7. The SMILES string of the molecule is CCCCCCCCCCCCC/C=C/C(CCCCCCCCC)COS(=O)(=O)[O-].CCCCCCCCCCCCC/C=C/C(CCCCCCCCC)COS(=O)(=O)[O-].[Ca+2]. The number of rotatable bonds is 48. The van der Waals surface area contributed by atoms with Crippen molar-refractivity contribution in [3.63, 3.8) is 0 Å². The van der Waals surface area contributed by atoms with Crippen LogP contribution in [-0.2, 0) is 29.2 Å². The van der Waals surface area contributed by atoms with Gasteiger partial charge in [0.1, 0.15) is 0 Å². The summed E-state index contributed by atoms with van der Waals surface area (Å²) in [6, 6.07) is 0. The minimum Gasteiger partial charge on any atom is -0.726 e.